The van der Waals surface area contributed by atoms with Crippen molar-refractivity contribution in [1.29, 1.82) is 0 Å². The molecule has 0 aromatic carbocycles. The Kier molecular flexibility index (Phi) is 3.62. The highest BCUT2D eigenvalue weighted by atomic mass is 16.5. The summed E-state index contributed by atoms with van der Waals surface area (Å²) in [6.45, 7) is 0. The maximum absolute atomic E-state index is 10.6. The van der Waals surface area contributed by atoms with Crippen molar-refractivity contribution in [1.82, 2.24) is 0 Å². The van der Waals surface area contributed by atoms with Gasteiger partial charge in [-0.3, -0.25) is 4.79 Å². The third kappa shape index (κ3) is 3.20. The Bertz CT molecular complexity index is 221. The van der Waals surface area contributed by atoms with Gasteiger partial charge in [-0.15, -0.1) is 0 Å². The summed E-state index contributed by atoms with van der Waals surface area (Å²) in [7, 11) is 0. The maximum atomic E-state index is 10.6. The van der Waals surface area contributed by atoms with E-state index in [1.54, 1.807) is 0 Å². The van der Waals surface area contributed by atoms with E-state index in [0.717, 1.165) is 19.3 Å². The summed E-state index contributed by atoms with van der Waals surface area (Å²) in [6.07, 6.45) is 9.22. The molecule has 2 saturated carbocycles. The van der Waals surface area contributed by atoms with Crippen molar-refractivity contribution < 1.29 is 14.6 Å². The molecule has 0 heterocycles. The number of carboxylic acid groups (broad SMARTS) is 1. The molecule has 3 heteroatoms. The van der Waals surface area contributed by atoms with E-state index in [4.69, 9.17) is 9.84 Å². The summed E-state index contributed by atoms with van der Waals surface area (Å²) in [6, 6.07) is 0. The largest absolute Gasteiger partial charge is 0.481 e. The zero-order chi connectivity index (χ0) is 10.7. The number of ether oxygens (including phenoxy) is 1. The third-order valence-corrected chi connectivity index (χ3v) is 3.64. The zero-order valence-electron chi connectivity index (χ0n) is 9.15. The molecule has 3 nitrogen and oxygen atoms in total. The van der Waals surface area contributed by atoms with Gasteiger partial charge in [0.2, 0.25) is 0 Å². The van der Waals surface area contributed by atoms with Crippen molar-refractivity contribution >= 4 is 5.97 Å². The first-order valence-electron chi connectivity index (χ1n) is 6.11. The molecule has 0 radical (unpaired) electrons. The van der Waals surface area contributed by atoms with Gasteiger partial charge in [-0.05, 0) is 38.0 Å². The van der Waals surface area contributed by atoms with Crippen LogP contribution in [0.25, 0.3) is 0 Å². The van der Waals surface area contributed by atoms with Crippen molar-refractivity contribution in [2.24, 2.45) is 5.92 Å². The van der Waals surface area contributed by atoms with Crippen LogP contribution in [0.4, 0.5) is 0 Å². The number of carboxylic acids is 1. The first kappa shape index (κ1) is 10.9. The number of carbonyl (C=O) groups is 1. The monoisotopic (exact) mass is 212 g/mol. The normalized spacial score (nSPS) is 32.3. The standard InChI is InChI=1S/C12H20O3/c13-12(14)8-9-5-6-11(7-9)15-10-3-1-2-4-10/h9-11H,1-8H2,(H,13,14). The minimum Gasteiger partial charge on any atom is -0.481 e. The van der Waals surface area contributed by atoms with E-state index in [1.165, 1.54) is 25.7 Å². The van der Waals surface area contributed by atoms with E-state index in [1.807, 2.05) is 0 Å². The molecular weight excluding hydrogens is 192 g/mol. The van der Waals surface area contributed by atoms with Crippen molar-refractivity contribution in [3.8, 4) is 0 Å². The predicted octanol–water partition coefficient (Wildman–Crippen LogP) is 2.59. The highest BCUT2D eigenvalue weighted by Gasteiger charge is 2.29. The average molecular weight is 212 g/mol. The fourth-order valence-electron chi connectivity index (χ4n) is 2.88. The summed E-state index contributed by atoms with van der Waals surface area (Å²) < 4.78 is 5.99. The van der Waals surface area contributed by atoms with E-state index >= 15 is 0 Å². The van der Waals surface area contributed by atoms with Crippen LogP contribution in [0.3, 0.4) is 0 Å². The van der Waals surface area contributed by atoms with Gasteiger partial charge in [-0.2, -0.15) is 0 Å². The van der Waals surface area contributed by atoms with Gasteiger partial charge in [-0.25, -0.2) is 0 Å². The van der Waals surface area contributed by atoms with Crippen LogP contribution in [0.15, 0.2) is 0 Å². The van der Waals surface area contributed by atoms with Gasteiger partial charge >= 0.3 is 5.97 Å². The molecule has 0 amide bonds. The third-order valence-electron chi connectivity index (χ3n) is 3.64. The van der Waals surface area contributed by atoms with Crippen LogP contribution in [0.2, 0.25) is 0 Å². The molecule has 0 bridgehead atoms. The molecule has 86 valence electrons. The van der Waals surface area contributed by atoms with Crippen molar-refractivity contribution in [3.05, 3.63) is 0 Å². The highest BCUT2D eigenvalue weighted by Crippen LogP contribution is 2.33. The molecule has 15 heavy (non-hydrogen) atoms. The Hall–Kier alpha value is -0.570. The van der Waals surface area contributed by atoms with Gasteiger partial charge in [0.25, 0.3) is 0 Å². The Morgan fingerprint density at radius 2 is 1.87 bits per heavy atom. The summed E-state index contributed by atoms with van der Waals surface area (Å²) in [5.74, 6) is -0.310. The zero-order valence-corrected chi connectivity index (χ0v) is 9.15. The molecule has 0 aromatic rings. The van der Waals surface area contributed by atoms with Gasteiger partial charge in [0.1, 0.15) is 0 Å². The second-order valence-electron chi connectivity index (χ2n) is 4.94. The Balaban J connectivity index is 1.70. The summed E-state index contributed by atoms with van der Waals surface area (Å²) in [5.41, 5.74) is 0. The van der Waals surface area contributed by atoms with Crippen LogP contribution in [-0.4, -0.2) is 23.3 Å². The lowest BCUT2D eigenvalue weighted by Crippen LogP contribution is -2.17. The number of rotatable bonds is 4. The van der Waals surface area contributed by atoms with Crippen molar-refractivity contribution in [3.63, 3.8) is 0 Å². The Labute approximate surface area is 90.8 Å². The van der Waals surface area contributed by atoms with E-state index in [9.17, 15) is 4.79 Å². The molecule has 2 aliphatic rings. The molecule has 0 aromatic heterocycles. The Morgan fingerprint density at radius 3 is 2.53 bits per heavy atom. The van der Waals surface area contributed by atoms with E-state index < -0.39 is 5.97 Å². The molecule has 2 rings (SSSR count). The van der Waals surface area contributed by atoms with Gasteiger partial charge < -0.3 is 9.84 Å². The summed E-state index contributed by atoms with van der Waals surface area (Å²) in [5, 5.41) is 8.70. The van der Waals surface area contributed by atoms with Crippen molar-refractivity contribution in [2.75, 3.05) is 0 Å². The highest BCUT2D eigenvalue weighted by molar-refractivity contribution is 5.67. The van der Waals surface area contributed by atoms with Gasteiger partial charge in [0, 0.05) is 6.42 Å². The van der Waals surface area contributed by atoms with Crippen LogP contribution in [-0.2, 0) is 9.53 Å². The van der Waals surface area contributed by atoms with Gasteiger partial charge in [-0.1, -0.05) is 12.8 Å². The summed E-state index contributed by atoms with van der Waals surface area (Å²) in [4.78, 5) is 10.6. The fraction of sp³-hybridized carbons (Fsp3) is 0.917. The average Bonchev–Trinajstić information content (AvgIpc) is 2.77. The quantitative estimate of drug-likeness (QED) is 0.779. The first-order valence-corrected chi connectivity index (χ1v) is 6.11. The van der Waals surface area contributed by atoms with Gasteiger partial charge in [0.05, 0.1) is 12.2 Å². The van der Waals surface area contributed by atoms with E-state index in [0.29, 0.717) is 24.5 Å². The SMILES string of the molecule is O=C(O)CC1CCC(OC2CCCC2)C1. The molecule has 0 saturated heterocycles. The molecule has 2 atom stereocenters. The van der Waals surface area contributed by atoms with Crippen LogP contribution in [0, 0.1) is 5.92 Å². The second-order valence-corrected chi connectivity index (χ2v) is 4.94. The lowest BCUT2D eigenvalue weighted by atomic mass is 10.0. The molecule has 0 spiro atoms. The molecule has 2 fully saturated rings. The molecule has 0 aliphatic heterocycles. The smallest absolute Gasteiger partial charge is 0.303 e. The first-order chi connectivity index (χ1) is 7.24. The van der Waals surface area contributed by atoms with Crippen molar-refractivity contribution in [2.45, 2.75) is 63.6 Å². The second kappa shape index (κ2) is 4.97. The minimum absolute atomic E-state index is 0.324. The van der Waals surface area contributed by atoms with E-state index in [-0.39, 0.29) is 0 Å². The topological polar surface area (TPSA) is 46.5 Å². The van der Waals surface area contributed by atoms with E-state index in [2.05, 4.69) is 0 Å². The lowest BCUT2D eigenvalue weighted by Gasteiger charge is -2.17. The molecule has 2 aliphatic carbocycles. The molecule has 1 N–H and O–H groups in total. The van der Waals surface area contributed by atoms with Crippen LogP contribution >= 0.6 is 0 Å². The number of hydrogen-bond donors (Lipinski definition) is 1. The van der Waals surface area contributed by atoms with Gasteiger partial charge in [0.15, 0.2) is 0 Å². The Morgan fingerprint density at radius 1 is 1.13 bits per heavy atom. The van der Waals surface area contributed by atoms with Crippen LogP contribution in [0.5, 0.6) is 0 Å². The van der Waals surface area contributed by atoms with Crippen LogP contribution in [0.1, 0.15) is 51.4 Å². The maximum Gasteiger partial charge on any atom is 0.303 e. The predicted molar refractivity (Wildman–Crippen MR) is 56.7 cm³/mol. The minimum atomic E-state index is -0.665. The fourth-order valence-corrected chi connectivity index (χ4v) is 2.88. The molecular formula is C12H20O3. The lowest BCUT2D eigenvalue weighted by molar-refractivity contribution is -0.138. The summed E-state index contributed by atoms with van der Waals surface area (Å²) >= 11 is 0. The van der Waals surface area contributed by atoms with Crippen LogP contribution < -0.4 is 0 Å². The molecule has 2 unspecified atom stereocenters. The number of aliphatic carboxylic acids is 1. The number of hydrogen-bond acceptors (Lipinski definition) is 2.